The summed E-state index contributed by atoms with van der Waals surface area (Å²) < 4.78 is 34.1. The molecule has 0 aliphatic rings. The van der Waals surface area contributed by atoms with Crippen LogP contribution in [0.5, 0.6) is 5.75 Å². The molecule has 1 atom stereocenters. The number of nitrogens with zero attached hydrogens (tertiary/aromatic N) is 2. The predicted molar refractivity (Wildman–Crippen MR) is 143 cm³/mol. The molecule has 39 heavy (non-hydrogen) atoms. The van der Waals surface area contributed by atoms with Gasteiger partial charge in [0.2, 0.25) is 5.82 Å². The van der Waals surface area contributed by atoms with Crippen molar-refractivity contribution in [1.29, 1.82) is 5.41 Å². The maximum absolute atomic E-state index is 14.9. The summed E-state index contributed by atoms with van der Waals surface area (Å²) in [5.74, 6) is -2.55. The van der Waals surface area contributed by atoms with E-state index in [-0.39, 0.29) is 35.6 Å². The molecule has 202 valence electrons. The SMILES string of the molecule is CCc1cc(N=c2ncccc3c(-c4ccc(OC)c(F)c4F)c[nH]c23)ccc1C(=O)CC(=N)CC(O)CO. The Labute approximate surface area is 223 Å². The number of aromatic amines is 1. The second kappa shape index (κ2) is 12.1. The second-order valence-electron chi connectivity index (χ2n) is 8.95. The molecule has 2 aromatic carbocycles. The highest BCUT2D eigenvalue weighted by Gasteiger charge is 2.19. The molecule has 4 aromatic rings. The number of aliphatic hydroxyl groups is 2. The molecule has 0 fully saturated rings. The molecule has 4 rings (SSSR count). The summed E-state index contributed by atoms with van der Waals surface area (Å²) in [6.45, 7) is 1.43. The number of carbonyl (C=O) groups excluding carboxylic acids is 1. The van der Waals surface area contributed by atoms with Crippen LogP contribution < -0.4 is 10.2 Å². The van der Waals surface area contributed by atoms with E-state index in [0.29, 0.717) is 39.6 Å². The standard InChI is InChI=1S/C29H28F2N4O4/c1-3-16-11-18(6-7-20(16)24(38)13-17(32)12-19(37)15-36)35-29-28-22(5-4-10-33-29)23(14-34-28)21-8-9-25(39-2)27(31)26(21)30/h4-11,14,19,32,34,36-37H,3,12-13,15H2,1-2H3. The lowest BCUT2D eigenvalue weighted by atomic mass is 9.96. The van der Waals surface area contributed by atoms with Crippen LogP contribution in [0.25, 0.3) is 22.0 Å². The maximum Gasteiger partial charge on any atom is 0.201 e. The number of hydrogen-bond acceptors (Lipinski definition) is 7. The molecule has 2 aromatic heterocycles. The van der Waals surface area contributed by atoms with Gasteiger partial charge in [-0.2, -0.15) is 4.39 Å². The Morgan fingerprint density at radius 1 is 1.18 bits per heavy atom. The van der Waals surface area contributed by atoms with Crippen LogP contribution in [0.4, 0.5) is 14.5 Å². The lowest BCUT2D eigenvalue weighted by molar-refractivity contribution is 0.0970. The first kappa shape index (κ1) is 27.7. The van der Waals surface area contributed by atoms with E-state index in [1.165, 1.54) is 19.2 Å². The Kier molecular flexibility index (Phi) is 8.58. The van der Waals surface area contributed by atoms with Gasteiger partial charge in [-0.25, -0.2) is 14.4 Å². The first-order valence-corrected chi connectivity index (χ1v) is 12.3. The largest absolute Gasteiger partial charge is 0.494 e. The van der Waals surface area contributed by atoms with Crippen molar-refractivity contribution in [2.24, 2.45) is 4.99 Å². The monoisotopic (exact) mass is 534 g/mol. The van der Waals surface area contributed by atoms with Crippen LogP contribution in [0.2, 0.25) is 0 Å². The van der Waals surface area contributed by atoms with Crippen molar-refractivity contribution in [3.63, 3.8) is 0 Å². The van der Waals surface area contributed by atoms with Crippen molar-refractivity contribution >= 4 is 28.1 Å². The molecule has 1 unspecified atom stereocenters. The van der Waals surface area contributed by atoms with Crippen LogP contribution in [0.3, 0.4) is 0 Å². The van der Waals surface area contributed by atoms with Crippen LogP contribution in [-0.4, -0.2) is 51.5 Å². The number of aliphatic hydroxyl groups excluding tert-OH is 2. The molecular weight excluding hydrogens is 506 g/mol. The van der Waals surface area contributed by atoms with Crippen molar-refractivity contribution in [2.45, 2.75) is 32.3 Å². The Morgan fingerprint density at radius 3 is 2.69 bits per heavy atom. The lowest BCUT2D eigenvalue weighted by Crippen LogP contribution is -2.19. The van der Waals surface area contributed by atoms with E-state index < -0.39 is 24.3 Å². The highest BCUT2D eigenvalue weighted by molar-refractivity contribution is 6.09. The first-order valence-electron chi connectivity index (χ1n) is 12.3. The van der Waals surface area contributed by atoms with Crippen LogP contribution in [0.1, 0.15) is 35.7 Å². The van der Waals surface area contributed by atoms with Crippen molar-refractivity contribution < 1.29 is 28.5 Å². The Balaban J connectivity index is 1.73. The highest BCUT2D eigenvalue weighted by atomic mass is 19.2. The average molecular weight is 535 g/mol. The van der Waals surface area contributed by atoms with Gasteiger partial charge in [-0.05, 0) is 48.4 Å². The number of ketones is 1. The zero-order chi connectivity index (χ0) is 28.1. The maximum atomic E-state index is 14.9. The zero-order valence-electron chi connectivity index (χ0n) is 21.5. The fourth-order valence-corrected chi connectivity index (χ4v) is 4.36. The minimum Gasteiger partial charge on any atom is -0.494 e. The number of rotatable bonds is 10. The van der Waals surface area contributed by atoms with E-state index in [2.05, 4.69) is 15.0 Å². The number of benzene rings is 2. The van der Waals surface area contributed by atoms with Gasteiger partial charge in [-0.15, -0.1) is 0 Å². The molecule has 0 spiro atoms. The van der Waals surface area contributed by atoms with Crippen LogP contribution in [0.15, 0.2) is 59.9 Å². The number of nitrogens with one attached hydrogen (secondary N) is 2. The summed E-state index contributed by atoms with van der Waals surface area (Å²) in [6, 6.07) is 11.3. The molecule has 0 saturated carbocycles. The molecule has 0 aliphatic carbocycles. The minimum absolute atomic E-state index is 0.0384. The van der Waals surface area contributed by atoms with E-state index in [1.54, 1.807) is 42.7 Å². The number of aromatic nitrogens is 2. The average Bonchev–Trinajstić information content (AvgIpc) is 3.24. The van der Waals surface area contributed by atoms with Crippen LogP contribution in [-0.2, 0) is 6.42 Å². The van der Waals surface area contributed by atoms with Crippen molar-refractivity contribution in [3.05, 3.63) is 83.1 Å². The van der Waals surface area contributed by atoms with Gasteiger partial charge in [0.1, 0.15) is 0 Å². The summed E-state index contributed by atoms with van der Waals surface area (Å²) in [7, 11) is 1.27. The van der Waals surface area contributed by atoms with E-state index in [4.69, 9.17) is 15.3 Å². The minimum atomic E-state index is -1.07. The normalized spacial score (nSPS) is 12.5. The fourth-order valence-electron chi connectivity index (χ4n) is 4.36. The molecule has 0 saturated heterocycles. The van der Waals surface area contributed by atoms with Crippen molar-refractivity contribution in [1.82, 2.24) is 9.97 Å². The Bertz CT molecular complexity index is 1620. The summed E-state index contributed by atoms with van der Waals surface area (Å²) in [6.07, 6.45) is 2.35. The molecule has 0 radical (unpaired) electrons. The number of methoxy groups -OCH3 is 1. The summed E-state index contributed by atoms with van der Waals surface area (Å²) in [4.78, 5) is 25.0. The number of aryl methyl sites for hydroxylation is 1. The number of fused-ring (bicyclic) bond motifs is 1. The Hall–Kier alpha value is -4.28. The van der Waals surface area contributed by atoms with Gasteiger partial charge in [0.05, 0.1) is 31.0 Å². The van der Waals surface area contributed by atoms with Gasteiger partial charge >= 0.3 is 0 Å². The molecule has 10 heteroatoms. The highest BCUT2D eigenvalue weighted by Crippen LogP contribution is 2.33. The fraction of sp³-hybridized carbons (Fsp3) is 0.241. The van der Waals surface area contributed by atoms with Crippen molar-refractivity contribution in [2.75, 3.05) is 13.7 Å². The molecule has 8 nitrogen and oxygen atoms in total. The number of hydrogen-bond donors (Lipinski definition) is 4. The molecular formula is C29H28F2N4O4. The van der Waals surface area contributed by atoms with Gasteiger partial charge in [-0.3, -0.25) is 4.79 Å². The van der Waals surface area contributed by atoms with E-state index in [1.807, 2.05) is 6.92 Å². The van der Waals surface area contributed by atoms with E-state index >= 15 is 0 Å². The van der Waals surface area contributed by atoms with Crippen molar-refractivity contribution in [3.8, 4) is 16.9 Å². The smallest absolute Gasteiger partial charge is 0.201 e. The Morgan fingerprint density at radius 2 is 1.97 bits per heavy atom. The number of carbonyl (C=O) groups is 1. The summed E-state index contributed by atoms with van der Waals surface area (Å²) in [5, 5.41) is 27.0. The summed E-state index contributed by atoms with van der Waals surface area (Å²) >= 11 is 0. The van der Waals surface area contributed by atoms with Gasteiger partial charge in [0, 0.05) is 53.0 Å². The van der Waals surface area contributed by atoms with Crippen LogP contribution >= 0.6 is 0 Å². The molecule has 0 amide bonds. The molecule has 0 bridgehead atoms. The van der Waals surface area contributed by atoms with E-state index in [0.717, 1.165) is 5.56 Å². The topological polar surface area (TPSA) is 132 Å². The van der Waals surface area contributed by atoms with E-state index in [9.17, 15) is 18.7 Å². The lowest BCUT2D eigenvalue weighted by Gasteiger charge is -2.10. The second-order valence-corrected chi connectivity index (χ2v) is 8.95. The van der Waals surface area contributed by atoms with Gasteiger partial charge < -0.3 is 25.3 Å². The third-order valence-corrected chi connectivity index (χ3v) is 6.32. The molecule has 4 N–H and O–H groups in total. The van der Waals surface area contributed by atoms with Gasteiger partial charge in [0.15, 0.2) is 22.8 Å². The quantitative estimate of drug-likeness (QED) is 0.174. The molecule has 0 aliphatic heterocycles. The van der Waals surface area contributed by atoms with Crippen LogP contribution in [0, 0.1) is 17.0 Å². The number of H-pyrrole nitrogens is 1. The summed E-state index contributed by atoms with van der Waals surface area (Å²) in [5.41, 5.74) is 3.08. The first-order chi connectivity index (χ1) is 18.8. The number of Topliss-reactive ketones (excluding diaryl/α,β-unsaturated/α-hetero) is 1. The number of halogens is 2. The van der Waals surface area contributed by atoms with Gasteiger partial charge in [-0.1, -0.05) is 13.0 Å². The van der Waals surface area contributed by atoms with Gasteiger partial charge in [0.25, 0.3) is 0 Å². The predicted octanol–water partition coefficient (Wildman–Crippen LogP) is 4.65. The number of ether oxygens (including phenoxy) is 1. The third kappa shape index (κ3) is 5.92. The zero-order valence-corrected chi connectivity index (χ0v) is 21.5. The third-order valence-electron chi connectivity index (χ3n) is 6.32. The molecule has 2 heterocycles.